The van der Waals surface area contributed by atoms with Gasteiger partial charge in [0.25, 0.3) is 0 Å². The first kappa shape index (κ1) is 33.4. The zero-order valence-electron chi connectivity index (χ0n) is 21.1. The summed E-state index contributed by atoms with van der Waals surface area (Å²) in [7, 11) is 2.76. The van der Waals surface area contributed by atoms with Crippen LogP contribution in [-0.2, 0) is 27.1 Å². The van der Waals surface area contributed by atoms with Crippen molar-refractivity contribution in [3.63, 3.8) is 0 Å². The molecular weight excluding hydrogens is 456 g/mol. The maximum Gasteiger partial charge on any atom is 0.337 e. The van der Waals surface area contributed by atoms with Crippen LogP contribution in [0.1, 0.15) is 59.5 Å². The highest BCUT2D eigenvalue weighted by Crippen LogP contribution is 2.07. The van der Waals surface area contributed by atoms with Gasteiger partial charge in [-0.2, -0.15) is 0 Å². The molecule has 0 aliphatic carbocycles. The van der Waals surface area contributed by atoms with E-state index in [1.54, 1.807) is 24.3 Å². The number of nitrogens with one attached hydrogen (secondary N) is 1. The number of Topliss-reactive ketones (excluding diaryl/α,β-unsaturated/α-hetero) is 1. The fourth-order valence-electron chi connectivity index (χ4n) is 2.52. The monoisotopic (exact) mass is 494 g/mol. The van der Waals surface area contributed by atoms with Crippen molar-refractivity contribution >= 4 is 30.1 Å². The topological polar surface area (TPSA) is 108 Å². The van der Waals surface area contributed by atoms with Crippen molar-refractivity contribution < 1.29 is 23.9 Å². The van der Waals surface area contributed by atoms with Gasteiger partial charge in [-0.15, -0.1) is 12.4 Å². The Labute approximate surface area is 209 Å². The molecule has 0 aromatic heterocycles. The molecule has 0 radical (unpaired) electrons. The summed E-state index contributed by atoms with van der Waals surface area (Å²) in [5, 5.41) is 3.35. The number of hydrogen-bond acceptors (Lipinski definition) is 7. The van der Waals surface area contributed by atoms with Gasteiger partial charge in [0, 0.05) is 6.04 Å². The second-order valence-electron chi connectivity index (χ2n) is 7.68. The number of halogens is 1. The third kappa shape index (κ3) is 16.0. The summed E-state index contributed by atoms with van der Waals surface area (Å²) >= 11 is 0. The minimum Gasteiger partial charge on any atom is -0.465 e. The van der Waals surface area contributed by atoms with Crippen LogP contribution in [0, 0.1) is 0 Å². The standard InChI is InChI=1S/C13H19NO2.C10H13NO2.C3H6O.ClH/c1-10(2)14-9-8-11-4-6-12(7-5-11)13(15)16-3;1-13-10(12)9-4-2-8(3-5-9)6-7-11;1-3(2)4;/h4-7,10,14H,8-9H2,1-3H3;2-5H,6-7,11H2,1H3;1-2H3;1H. The molecule has 7 nitrogen and oxygen atoms in total. The number of rotatable bonds is 8. The molecule has 0 unspecified atom stereocenters. The lowest BCUT2D eigenvalue weighted by atomic mass is 10.1. The van der Waals surface area contributed by atoms with E-state index in [-0.39, 0.29) is 30.1 Å². The summed E-state index contributed by atoms with van der Waals surface area (Å²) in [6.07, 6.45) is 1.81. The Morgan fingerprint density at radius 1 is 0.794 bits per heavy atom. The first-order chi connectivity index (χ1) is 15.6. The normalized spacial score (nSPS) is 9.41. The van der Waals surface area contributed by atoms with Gasteiger partial charge in [-0.25, -0.2) is 9.59 Å². The number of methoxy groups -OCH3 is 2. The van der Waals surface area contributed by atoms with Gasteiger partial charge in [0.15, 0.2) is 0 Å². The lowest BCUT2D eigenvalue weighted by Gasteiger charge is -2.08. The van der Waals surface area contributed by atoms with Gasteiger partial charge >= 0.3 is 11.9 Å². The van der Waals surface area contributed by atoms with E-state index in [1.165, 1.54) is 33.6 Å². The highest BCUT2D eigenvalue weighted by molar-refractivity contribution is 5.89. The number of ketones is 1. The van der Waals surface area contributed by atoms with Crippen LogP contribution in [0.3, 0.4) is 0 Å². The molecule has 0 aliphatic rings. The van der Waals surface area contributed by atoms with Gasteiger partial charge in [0.1, 0.15) is 5.78 Å². The van der Waals surface area contributed by atoms with E-state index in [2.05, 4.69) is 28.6 Å². The van der Waals surface area contributed by atoms with Crippen molar-refractivity contribution in [1.29, 1.82) is 0 Å². The van der Waals surface area contributed by atoms with Crippen molar-refractivity contribution in [2.45, 2.75) is 46.6 Å². The van der Waals surface area contributed by atoms with Gasteiger partial charge in [-0.1, -0.05) is 38.1 Å². The molecule has 3 N–H and O–H groups in total. The van der Waals surface area contributed by atoms with Crippen LogP contribution < -0.4 is 11.1 Å². The minimum atomic E-state index is -0.306. The van der Waals surface area contributed by atoms with E-state index in [4.69, 9.17) is 5.73 Å². The van der Waals surface area contributed by atoms with Gasteiger partial charge in [0.05, 0.1) is 25.3 Å². The molecule has 0 aliphatic heterocycles. The number of nitrogens with two attached hydrogens (primary N) is 1. The molecular formula is C26H39ClN2O5. The van der Waals surface area contributed by atoms with Crippen LogP contribution in [-0.4, -0.2) is 51.1 Å². The Hall–Kier alpha value is -2.74. The number of benzene rings is 2. The molecule has 0 bridgehead atoms. The number of hydrogen-bond donors (Lipinski definition) is 2. The summed E-state index contributed by atoms with van der Waals surface area (Å²) in [6.45, 7) is 8.88. The molecule has 34 heavy (non-hydrogen) atoms. The van der Waals surface area contributed by atoms with Crippen LogP contribution in [0.25, 0.3) is 0 Å². The van der Waals surface area contributed by atoms with Gasteiger partial charge in [-0.05, 0) is 75.2 Å². The van der Waals surface area contributed by atoms with Crippen molar-refractivity contribution in [3.8, 4) is 0 Å². The van der Waals surface area contributed by atoms with Crippen LogP contribution >= 0.6 is 12.4 Å². The lowest BCUT2D eigenvalue weighted by molar-refractivity contribution is -0.115. The largest absolute Gasteiger partial charge is 0.465 e. The Morgan fingerprint density at radius 2 is 1.15 bits per heavy atom. The summed E-state index contributed by atoms with van der Waals surface area (Å²) in [6, 6.07) is 15.3. The zero-order chi connectivity index (χ0) is 25.2. The Bertz CT molecular complexity index is 833. The van der Waals surface area contributed by atoms with E-state index in [1.807, 2.05) is 24.3 Å². The first-order valence-electron chi connectivity index (χ1n) is 10.9. The third-order valence-electron chi connectivity index (χ3n) is 4.15. The summed E-state index contributed by atoms with van der Waals surface area (Å²) in [4.78, 5) is 31.7. The first-order valence-corrected chi connectivity index (χ1v) is 10.9. The highest BCUT2D eigenvalue weighted by Gasteiger charge is 2.04. The fraction of sp³-hybridized carbons (Fsp3) is 0.423. The molecule has 0 amide bonds. The van der Waals surface area contributed by atoms with E-state index in [0.29, 0.717) is 23.7 Å². The average molecular weight is 495 g/mol. The summed E-state index contributed by atoms with van der Waals surface area (Å²) < 4.78 is 9.21. The second-order valence-corrected chi connectivity index (χ2v) is 7.68. The van der Waals surface area contributed by atoms with E-state index in [9.17, 15) is 14.4 Å². The molecule has 8 heteroatoms. The maximum atomic E-state index is 11.2. The predicted octanol–water partition coefficient (Wildman–Crippen LogP) is 4.01. The molecule has 0 saturated carbocycles. The van der Waals surface area contributed by atoms with Gasteiger partial charge < -0.3 is 25.3 Å². The fourth-order valence-corrected chi connectivity index (χ4v) is 2.52. The van der Waals surface area contributed by atoms with Gasteiger partial charge in [-0.3, -0.25) is 0 Å². The maximum absolute atomic E-state index is 11.2. The Kier molecular flexibility index (Phi) is 19.4. The highest BCUT2D eigenvalue weighted by atomic mass is 35.5. The van der Waals surface area contributed by atoms with Gasteiger partial charge in [0.2, 0.25) is 0 Å². The molecule has 0 heterocycles. The number of ether oxygens (including phenoxy) is 2. The van der Waals surface area contributed by atoms with Crippen LogP contribution in [0.2, 0.25) is 0 Å². The van der Waals surface area contributed by atoms with Crippen molar-refractivity contribution in [2.24, 2.45) is 5.73 Å². The molecule has 2 rings (SSSR count). The van der Waals surface area contributed by atoms with E-state index in [0.717, 1.165) is 24.9 Å². The quantitative estimate of drug-likeness (QED) is 0.534. The van der Waals surface area contributed by atoms with E-state index >= 15 is 0 Å². The lowest BCUT2D eigenvalue weighted by Crippen LogP contribution is -2.24. The number of carbonyl (C=O) groups excluding carboxylic acids is 3. The van der Waals surface area contributed by atoms with Crippen molar-refractivity contribution in [1.82, 2.24) is 5.32 Å². The average Bonchev–Trinajstić information content (AvgIpc) is 2.79. The summed E-state index contributed by atoms with van der Waals surface area (Å²) in [5.41, 5.74) is 8.92. The Morgan fingerprint density at radius 3 is 1.44 bits per heavy atom. The Balaban J connectivity index is 0. The predicted molar refractivity (Wildman–Crippen MR) is 139 cm³/mol. The van der Waals surface area contributed by atoms with Crippen LogP contribution in [0.4, 0.5) is 0 Å². The van der Waals surface area contributed by atoms with Crippen LogP contribution in [0.15, 0.2) is 48.5 Å². The number of carbonyl (C=O) groups is 3. The molecule has 0 spiro atoms. The summed E-state index contributed by atoms with van der Waals surface area (Å²) in [5.74, 6) is -0.425. The van der Waals surface area contributed by atoms with Crippen molar-refractivity contribution in [3.05, 3.63) is 70.8 Å². The minimum absolute atomic E-state index is 0. The third-order valence-corrected chi connectivity index (χ3v) is 4.15. The zero-order valence-corrected chi connectivity index (χ0v) is 21.9. The molecule has 2 aromatic rings. The van der Waals surface area contributed by atoms with E-state index < -0.39 is 0 Å². The molecule has 0 atom stereocenters. The molecule has 0 saturated heterocycles. The SMILES string of the molecule is CC(C)=O.COC(=O)c1ccc(CCN)cc1.COC(=O)c1ccc(CCNC(C)C)cc1.Cl. The number of esters is 2. The molecule has 0 fully saturated rings. The molecule has 190 valence electrons. The van der Waals surface area contributed by atoms with Crippen molar-refractivity contribution in [2.75, 3.05) is 27.3 Å². The van der Waals surface area contributed by atoms with Crippen LogP contribution in [0.5, 0.6) is 0 Å². The molecule has 2 aromatic carbocycles. The smallest absolute Gasteiger partial charge is 0.337 e. The second kappa shape index (κ2) is 19.7.